The second-order valence-corrected chi connectivity index (χ2v) is 4.97. The fraction of sp³-hybridized carbons (Fsp3) is 0.308. The highest BCUT2D eigenvalue weighted by Crippen LogP contribution is 2.24. The van der Waals surface area contributed by atoms with E-state index >= 15 is 0 Å². The van der Waals surface area contributed by atoms with Gasteiger partial charge in [0.1, 0.15) is 5.82 Å². The van der Waals surface area contributed by atoms with Crippen molar-refractivity contribution in [2.45, 2.75) is 25.3 Å². The molecule has 0 radical (unpaired) electrons. The first-order chi connectivity index (χ1) is 9.25. The van der Waals surface area contributed by atoms with Gasteiger partial charge in [0.15, 0.2) is 6.33 Å². The van der Waals surface area contributed by atoms with Crippen LogP contribution < -0.4 is 0 Å². The summed E-state index contributed by atoms with van der Waals surface area (Å²) in [6, 6.07) is 8.00. The number of aryl methyl sites for hydroxylation is 2. The molecule has 1 unspecified atom stereocenters. The molecule has 0 aliphatic rings. The van der Waals surface area contributed by atoms with E-state index in [2.05, 4.69) is 19.7 Å². The molecule has 0 aliphatic heterocycles. The van der Waals surface area contributed by atoms with E-state index in [1.807, 2.05) is 31.2 Å². The summed E-state index contributed by atoms with van der Waals surface area (Å²) in [6.45, 7) is 2.64. The van der Waals surface area contributed by atoms with Crippen molar-refractivity contribution in [1.82, 2.24) is 19.7 Å². The van der Waals surface area contributed by atoms with Crippen LogP contribution >= 0.6 is 11.6 Å². The zero-order chi connectivity index (χ0) is 13.2. The average molecular weight is 277 g/mol. The number of hydrogen-bond acceptors (Lipinski definition) is 4. The van der Waals surface area contributed by atoms with Crippen molar-refractivity contribution in [3.8, 4) is 0 Å². The Balaban J connectivity index is 1.97. The third-order valence-corrected chi connectivity index (χ3v) is 3.19. The van der Waals surface area contributed by atoms with Crippen LogP contribution in [-0.4, -0.2) is 19.7 Å². The smallest absolute Gasteiger partial charge is 0.228 e. The average Bonchev–Trinajstić information content (AvgIpc) is 3.03. The molecule has 5 nitrogen and oxygen atoms in total. The summed E-state index contributed by atoms with van der Waals surface area (Å²) in [5.41, 5.74) is 2.03. The van der Waals surface area contributed by atoms with Crippen molar-refractivity contribution in [2.24, 2.45) is 0 Å². The predicted molar refractivity (Wildman–Crippen MR) is 72.0 cm³/mol. The Hall–Kier alpha value is -1.88. The molecule has 1 atom stereocenters. The SMILES string of the molecule is CC(Cl)c1nc2ccccc2n1CCc1ncno1. The molecule has 0 saturated heterocycles. The number of rotatable bonds is 4. The van der Waals surface area contributed by atoms with Crippen molar-refractivity contribution in [1.29, 1.82) is 0 Å². The molecule has 0 spiro atoms. The van der Waals surface area contributed by atoms with E-state index in [1.54, 1.807) is 0 Å². The zero-order valence-corrected chi connectivity index (χ0v) is 11.2. The van der Waals surface area contributed by atoms with Crippen molar-refractivity contribution in [2.75, 3.05) is 0 Å². The summed E-state index contributed by atoms with van der Waals surface area (Å²) in [7, 11) is 0. The van der Waals surface area contributed by atoms with E-state index in [0.717, 1.165) is 23.4 Å². The van der Waals surface area contributed by atoms with Gasteiger partial charge in [0.25, 0.3) is 0 Å². The van der Waals surface area contributed by atoms with E-state index < -0.39 is 0 Å². The zero-order valence-electron chi connectivity index (χ0n) is 10.5. The van der Waals surface area contributed by atoms with Gasteiger partial charge < -0.3 is 9.09 Å². The van der Waals surface area contributed by atoms with Crippen LogP contribution in [0.25, 0.3) is 11.0 Å². The van der Waals surface area contributed by atoms with Crippen LogP contribution in [-0.2, 0) is 13.0 Å². The second kappa shape index (κ2) is 5.01. The van der Waals surface area contributed by atoms with E-state index in [1.165, 1.54) is 6.33 Å². The van der Waals surface area contributed by atoms with Crippen LogP contribution in [0.2, 0.25) is 0 Å². The highest BCUT2D eigenvalue weighted by molar-refractivity contribution is 6.20. The molecule has 0 saturated carbocycles. The molecule has 0 N–H and O–H groups in total. The molecule has 0 amide bonds. The van der Waals surface area contributed by atoms with Gasteiger partial charge in [-0.1, -0.05) is 17.3 Å². The lowest BCUT2D eigenvalue weighted by atomic mass is 10.3. The van der Waals surface area contributed by atoms with Crippen LogP contribution in [0, 0.1) is 0 Å². The van der Waals surface area contributed by atoms with Gasteiger partial charge in [0.05, 0.1) is 16.4 Å². The first-order valence-corrected chi connectivity index (χ1v) is 6.54. The molecule has 0 fully saturated rings. The molecular formula is C13H13ClN4O. The summed E-state index contributed by atoms with van der Waals surface area (Å²) in [5, 5.41) is 3.46. The molecule has 3 rings (SSSR count). The largest absolute Gasteiger partial charge is 0.340 e. The molecular weight excluding hydrogens is 264 g/mol. The third-order valence-electron chi connectivity index (χ3n) is 3.00. The Bertz CT molecular complexity index is 675. The number of aromatic nitrogens is 4. The Labute approximate surface area is 115 Å². The normalized spacial score (nSPS) is 12.9. The Kier molecular flexibility index (Phi) is 3.21. The maximum atomic E-state index is 6.21. The van der Waals surface area contributed by atoms with Gasteiger partial charge >= 0.3 is 0 Å². The fourth-order valence-corrected chi connectivity index (χ4v) is 2.31. The Morgan fingerprint density at radius 2 is 2.21 bits per heavy atom. The number of imidazole rings is 1. The van der Waals surface area contributed by atoms with Crippen LogP contribution in [0.4, 0.5) is 0 Å². The number of halogens is 1. The van der Waals surface area contributed by atoms with Crippen molar-refractivity contribution in [3.63, 3.8) is 0 Å². The molecule has 6 heteroatoms. The summed E-state index contributed by atoms with van der Waals surface area (Å²) in [5.74, 6) is 1.48. The fourth-order valence-electron chi connectivity index (χ4n) is 2.15. The quantitative estimate of drug-likeness (QED) is 0.688. The van der Waals surface area contributed by atoms with E-state index in [9.17, 15) is 0 Å². The molecule has 0 aliphatic carbocycles. The van der Waals surface area contributed by atoms with Gasteiger partial charge in [-0.05, 0) is 19.1 Å². The topological polar surface area (TPSA) is 56.7 Å². The molecule has 0 bridgehead atoms. The number of hydrogen-bond donors (Lipinski definition) is 0. The Morgan fingerprint density at radius 3 is 2.95 bits per heavy atom. The number of fused-ring (bicyclic) bond motifs is 1. The highest BCUT2D eigenvalue weighted by Gasteiger charge is 2.15. The molecule has 2 heterocycles. The van der Waals surface area contributed by atoms with Gasteiger partial charge in [-0.3, -0.25) is 0 Å². The molecule has 19 heavy (non-hydrogen) atoms. The summed E-state index contributed by atoms with van der Waals surface area (Å²) in [4.78, 5) is 8.60. The molecule has 98 valence electrons. The monoisotopic (exact) mass is 276 g/mol. The lowest BCUT2D eigenvalue weighted by molar-refractivity contribution is 0.371. The van der Waals surface area contributed by atoms with E-state index in [0.29, 0.717) is 12.3 Å². The summed E-state index contributed by atoms with van der Waals surface area (Å²) >= 11 is 6.21. The van der Waals surface area contributed by atoms with Crippen LogP contribution in [0.1, 0.15) is 24.0 Å². The first-order valence-electron chi connectivity index (χ1n) is 6.10. The van der Waals surface area contributed by atoms with Gasteiger partial charge in [-0.15, -0.1) is 11.6 Å². The van der Waals surface area contributed by atoms with E-state index in [-0.39, 0.29) is 5.38 Å². The van der Waals surface area contributed by atoms with Gasteiger partial charge in [-0.25, -0.2) is 4.98 Å². The minimum absolute atomic E-state index is 0.143. The van der Waals surface area contributed by atoms with Crippen LogP contribution in [0.3, 0.4) is 0 Å². The van der Waals surface area contributed by atoms with Crippen molar-refractivity contribution >= 4 is 22.6 Å². The second-order valence-electron chi connectivity index (χ2n) is 4.31. The van der Waals surface area contributed by atoms with Crippen molar-refractivity contribution in [3.05, 3.63) is 42.3 Å². The molecule has 3 aromatic rings. The van der Waals surface area contributed by atoms with Gasteiger partial charge in [0.2, 0.25) is 5.89 Å². The minimum Gasteiger partial charge on any atom is -0.340 e. The number of para-hydroxylation sites is 2. The third kappa shape index (κ3) is 2.33. The maximum absolute atomic E-state index is 6.21. The Morgan fingerprint density at radius 1 is 1.37 bits per heavy atom. The lowest BCUT2D eigenvalue weighted by Gasteiger charge is -2.08. The van der Waals surface area contributed by atoms with Crippen LogP contribution in [0.15, 0.2) is 35.1 Å². The molecule has 1 aromatic carbocycles. The minimum atomic E-state index is -0.143. The number of benzene rings is 1. The highest BCUT2D eigenvalue weighted by atomic mass is 35.5. The van der Waals surface area contributed by atoms with Crippen LogP contribution in [0.5, 0.6) is 0 Å². The number of alkyl halides is 1. The maximum Gasteiger partial charge on any atom is 0.228 e. The standard InChI is InChI=1S/C13H13ClN4O/c1-9(14)13-17-10-4-2-3-5-11(10)18(13)7-6-12-15-8-16-19-12/h2-5,8-9H,6-7H2,1H3. The van der Waals surface area contributed by atoms with Gasteiger partial charge in [-0.2, -0.15) is 4.98 Å². The van der Waals surface area contributed by atoms with E-state index in [4.69, 9.17) is 16.1 Å². The first kappa shape index (κ1) is 12.2. The molecule has 2 aromatic heterocycles. The summed E-state index contributed by atoms with van der Waals surface area (Å²) in [6.07, 6.45) is 2.07. The summed E-state index contributed by atoms with van der Waals surface area (Å²) < 4.78 is 7.12. The lowest BCUT2D eigenvalue weighted by Crippen LogP contribution is -2.07. The van der Waals surface area contributed by atoms with Gasteiger partial charge in [0, 0.05) is 13.0 Å². The predicted octanol–water partition coefficient (Wildman–Crippen LogP) is 2.96. The van der Waals surface area contributed by atoms with Crippen molar-refractivity contribution < 1.29 is 4.52 Å². The number of nitrogens with zero attached hydrogens (tertiary/aromatic N) is 4.